The summed E-state index contributed by atoms with van der Waals surface area (Å²) in [6.45, 7) is 2.52. The molecule has 2 fully saturated rings. The summed E-state index contributed by atoms with van der Waals surface area (Å²) in [5.41, 5.74) is 1.79. The number of aromatic nitrogens is 1. The van der Waals surface area contributed by atoms with Crippen LogP contribution in [-0.2, 0) is 4.79 Å². The van der Waals surface area contributed by atoms with Gasteiger partial charge in [0.05, 0.1) is 17.8 Å². The first-order valence-electron chi connectivity index (χ1n) is 10.3. The third kappa shape index (κ3) is 4.82. The van der Waals surface area contributed by atoms with Crippen LogP contribution in [0, 0.1) is 5.92 Å². The minimum absolute atomic E-state index is 0.0120. The third-order valence-corrected chi connectivity index (χ3v) is 5.71. The normalized spacial score (nSPS) is 19.5. The number of ether oxygens (including phenoxy) is 1. The van der Waals surface area contributed by atoms with Crippen LogP contribution in [0.4, 0.5) is 16.2 Å². The molecule has 158 valence electrons. The quantitative estimate of drug-likeness (QED) is 0.787. The number of nitrogens with zero attached hydrogens (tertiary/aromatic N) is 3. The Morgan fingerprint density at radius 1 is 1.07 bits per heavy atom. The third-order valence-electron chi connectivity index (χ3n) is 5.71. The molecule has 8 heteroatoms. The van der Waals surface area contributed by atoms with Crippen LogP contribution in [0.25, 0.3) is 0 Å². The molecule has 2 aliphatic heterocycles. The van der Waals surface area contributed by atoms with E-state index in [-0.39, 0.29) is 17.9 Å². The number of rotatable bonds is 5. The summed E-state index contributed by atoms with van der Waals surface area (Å²) in [6, 6.07) is 11.3. The largest absolute Gasteiger partial charge is 0.490 e. The number of likely N-dealkylation sites (tertiary alicyclic amines) is 1. The van der Waals surface area contributed by atoms with E-state index in [1.807, 2.05) is 42.6 Å². The zero-order chi connectivity index (χ0) is 20.9. The number of benzene rings is 1. The van der Waals surface area contributed by atoms with E-state index in [1.54, 1.807) is 6.20 Å². The van der Waals surface area contributed by atoms with Gasteiger partial charge in [-0.05, 0) is 42.8 Å². The van der Waals surface area contributed by atoms with E-state index in [4.69, 9.17) is 9.84 Å². The van der Waals surface area contributed by atoms with Gasteiger partial charge in [0.1, 0.15) is 11.9 Å². The standard InChI is InChI=1S/C22H26N4O4/c27-21(16-7-11-26(15-16)18-2-1-10-23-14-18)24-17-3-5-19(6-4-17)30-20-8-12-25(13-9-20)22(28)29/h1-6,10,14,16,20H,7-9,11-13,15H2,(H,24,27)(H,28,29)/t16-/m1/s1. The molecule has 0 radical (unpaired) electrons. The van der Waals surface area contributed by atoms with Crippen LogP contribution >= 0.6 is 0 Å². The second kappa shape index (κ2) is 9.02. The highest BCUT2D eigenvalue weighted by Crippen LogP contribution is 2.25. The number of pyridine rings is 1. The number of hydrogen-bond donors (Lipinski definition) is 2. The number of carbonyl (C=O) groups excluding carboxylic acids is 1. The number of nitrogens with one attached hydrogen (secondary N) is 1. The van der Waals surface area contributed by atoms with Crippen LogP contribution in [0.1, 0.15) is 19.3 Å². The molecule has 2 aromatic rings. The van der Waals surface area contributed by atoms with Crippen molar-refractivity contribution in [2.45, 2.75) is 25.4 Å². The van der Waals surface area contributed by atoms with Crippen LogP contribution in [0.5, 0.6) is 5.75 Å². The Hall–Kier alpha value is -3.29. The molecule has 3 heterocycles. The van der Waals surface area contributed by atoms with E-state index in [2.05, 4.69) is 15.2 Å². The maximum Gasteiger partial charge on any atom is 0.407 e. The van der Waals surface area contributed by atoms with Gasteiger partial charge < -0.3 is 25.0 Å². The molecular weight excluding hydrogens is 384 g/mol. The van der Waals surface area contributed by atoms with Crippen molar-refractivity contribution in [3.05, 3.63) is 48.8 Å². The lowest BCUT2D eigenvalue weighted by atomic mass is 10.1. The van der Waals surface area contributed by atoms with Crippen molar-refractivity contribution >= 4 is 23.4 Å². The van der Waals surface area contributed by atoms with Gasteiger partial charge in [-0.3, -0.25) is 9.78 Å². The second-order valence-corrected chi connectivity index (χ2v) is 7.74. The molecule has 2 aliphatic rings. The molecular formula is C22H26N4O4. The number of piperidine rings is 1. The van der Waals surface area contributed by atoms with Gasteiger partial charge in [0.2, 0.25) is 5.91 Å². The van der Waals surface area contributed by atoms with Gasteiger partial charge in [0, 0.05) is 50.9 Å². The molecule has 0 saturated carbocycles. The highest BCUT2D eigenvalue weighted by atomic mass is 16.5. The van der Waals surface area contributed by atoms with Gasteiger partial charge in [-0.25, -0.2) is 4.79 Å². The topological polar surface area (TPSA) is 95.0 Å². The maximum atomic E-state index is 12.6. The zero-order valence-electron chi connectivity index (χ0n) is 16.7. The maximum absolute atomic E-state index is 12.6. The van der Waals surface area contributed by atoms with Crippen molar-refractivity contribution in [3.63, 3.8) is 0 Å². The molecule has 1 atom stereocenters. The Balaban J connectivity index is 1.26. The SMILES string of the molecule is O=C(Nc1ccc(OC2CCN(C(=O)O)CC2)cc1)[C@@H]1CCN(c2cccnc2)C1. The van der Waals surface area contributed by atoms with Crippen molar-refractivity contribution in [3.8, 4) is 5.75 Å². The van der Waals surface area contributed by atoms with E-state index in [0.717, 1.165) is 30.1 Å². The van der Waals surface area contributed by atoms with Gasteiger partial charge in [-0.2, -0.15) is 0 Å². The van der Waals surface area contributed by atoms with Gasteiger partial charge >= 0.3 is 6.09 Å². The van der Waals surface area contributed by atoms with Gasteiger partial charge in [0.25, 0.3) is 0 Å². The number of amides is 2. The van der Waals surface area contributed by atoms with E-state index in [0.29, 0.717) is 32.5 Å². The summed E-state index contributed by atoms with van der Waals surface area (Å²) >= 11 is 0. The highest BCUT2D eigenvalue weighted by molar-refractivity contribution is 5.93. The number of anilines is 2. The first kappa shape index (κ1) is 20.0. The number of carboxylic acid groups (broad SMARTS) is 1. The molecule has 0 unspecified atom stereocenters. The van der Waals surface area contributed by atoms with Crippen molar-refractivity contribution in [1.82, 2.24) is 9.88 Å². The van der Waals surface area contributed by atoms with E-state index >= 15 is 0 Å². The van der Waals surface area contributed by atoms with Crippen molar-refractivity contribution < 1.29 is 19.4 Å². The monoisotopic (exact) mass is 410 g/mol. The van der Waals surface area contributed by atoms with Gasteiger partial charge in [0.15, 0.2) is 0 Å². The number of carbonyl (C=O) groups is 2. The smallest absolute Gasteiger partial charge is 0.407 e. The Labute approximate surface area is 175 Å². The highest BCUT2D eigenvalue weighted by Gasteiger charge is 2.28. The van der Waals surface area contributed by atoms with Crippen molar-refractivity contribution in [2.75, 3.05) is 36.4 Å². The fraction of sp³-hybridized carbons (Fsp3) is 0.409. The van der Waals surface area contributed by atoms with E-state index in [9.17, 15) is 9.59 Å². The first-order chi connectivity index (χ1) is 14.6. The molecule has 0 bridgehead atoms. The minimum Gasteiger partial charge on any atom is -0.490 e. The van der Waals surface area contributed by atoms with Crippen LogP contribution in [0.15, 0.2) is 48.8 Å². The summed E-state index contributed by atoms with van der Waals surface area (Å²) in [7, 11) is 0. The Morgan fingerprint density at radius 3 is 2.50 bits per heavy atom. The predicted octanol–water partition coefficient (Wildman–Crippen LogP) is 3.07. The second-order valence-electron chi connectivity index (χ2n) is 7.74. The molecule has 2 saturated heterocycles. The molecule has 1 aromatic heterocycles. The minimum atomic E-state index is -0.876. The van der Waals surface area contributed by atoms with Crippen LogP contribution in [-0.4, -0.2) is 59.3 Å². The fourth-order valence-corrected chi connectivity index (χ4v) is 3.97. The van der Waals surface area contributed by atoms with E-state index < -0.39 is 6.09 Å². The molecule has 30 heavy (non-hydrogen) atoms. The Bertz CT molecular complexity index is 866. The van der Waals surface area contributed by atoms with Gasteiger partial charge in [-0.1, -0.05) is 0 Å². The molecule has 1 aromatic carbocycles. The van der Waals surface area contributed by atoms with Crippen LogP contribution in [0.2, 0.25) is 0 Å². The van der Waals surface area contributed by atoms with Gasteiger partial charge in [-0.15, -0.1) is 0 Å². The molecule has 4 rings (SSSR count). The molecule has 2 N–H and O–H groups in total. The molecule has 0 aliphatic carbocycles. The van der Waals surface area contributed by atoms with Crippen molar-refractivity contribution in [1.29, 1.82) is 0 Å². The van der Waals surface area contributed by atoms with E-state index in [1.165, 1.54) is 4.90 Å². The predicted molar refractivity (Wildman–Crippen MR) is 113 cm³/mol. The average molecular weight is 410 g/mol. The fourth-order valence-electron chi connectivity index (χ4n) is 3.97. The zero-order valence-corrected chi connectivity index (χ0v) is 16.7. The Morgan fingerprint density at radius 2 is 1.83 bits per heavy atom. The summed E-state index contributed by atoms with van der Waals surface area (Å²) in [4.78, 5) is 31.4. The lowest BCUT2D eigenvalue weighted by molar-refractivity contribution is -0.119. The Kier molecular flexibility index (Phi) is 6.02. The van der Waals surface area contributed by atoms with Crippen LogP contribution in [0.3, 0.4) is 0 Å². The first-order valence-corrected chi connectivity index (χ1v) is 10.3. The molecule has 2 amide bonds. The summed E-state index contributed by atoms with van der Waals surface area (Å²) in [6.07, 6.45) is 4.88. The average Bonchev–Trinajstić information content (AvgIpc) is 3.27. The molecule has 0 spiro atoms. The lowest BCUT2D eigenvalue weighted by Gasteiger charge is -2.30. The molecule has 8 nitrogen and oxygen atoms in total. The number of hydrogen-bond acceptors (Lipinski definition) is 5. The summed E-state index contributed by atoms with van der Waals surface area (Å²) in [5, 5.41) is 12.0. The van der Waals surface area contributed by atoms with Crippen LogP contribution < -0.4 is 15.0 Å². The summed E-state index contributed by atoms with van der Waals surface area (Å²) in [5.74, 6) is 0.696. The van der Waals surface area contributed by atoms with Crippen molar-refractivity contribution in [2.24, 2.45) is 5.92 Å². The lowest BCUT2D eigenvalue weighted by Crippen LogP contribution is -2.41. The summed E-state index contributed by atoms with van der Waals surface area (Å²) < 4.78 is 5.96.